The molecule has 1 atom stereocenters. The van der Waals surface area contributed by atoms with E-state index >= 15 is 0 Å². The lowest BCUT2D eigenvalue weighted by atomic mass is 10.1. The molecule has 1 aliphatic rings. The number of nitrogens with zero attached hydrogens (tertiary/aromatic N) is 1. The van der Waals surface area contributed by atoms with Crippen LogP contribution >= 0.6 is 0 Å². The van der Waals surface area contributed by atoms with Crippen LogP contribution < -0.4 is 34.7 Å². The maximum absolute atomic E-state index is 12.8. The average Bonchev–Trinajstić information content (AvgIpc) is 3.26. The zero-order chi connectivity index (χ0) is 26.1. The number of benzene rings is 2. The summed E-state index contributed by atoms with van der Waals surface area (Å²) < 4.78 is 22.6. The first-order chi connectivity index (χ1) is 17.4. The first-order valence-electron chi connectivity index (χ1n) is 12.1. The largest absolute Gasteiger partial charge is 0.492 e. The second-order valence-electron chi connectivity index (χ2n) is 7.85. The fourth-order valence-electron chi connectivity index (χ4n) is 3.89. The summed E-state index contributed by atoms with van der Waals surface area (Å²) in [7, 11) is 0. The molecule has 1 aliphatic heterocycles. The van der Waals surface area contributed by atoms with Crippen molar-refractivity contribution in [1.82, 2.24) is 10.9 Å². The van der Waals surface area contributed by atoms with Gasteiger partial charge in [-0.15, -0.1) is 0 Å². The molecule has 10 nitrogen and oxygen atoms in total. The van der Waals surface area contributed by atoms with Gasteiger partial charge in [-0.2, -0.15) is 0 Å². The molecule has 2 N–H and O–H groups in total. The Morgan fingerprint density at radius 1 is 0.861 bits per heavy atom. The summed E-state index contributed by atoms with van der Waals surface area (Å²) >= 11 is 0. The molecule has 1 unspecified atom stereocenters. The molecular weight excluding hydrogens is 466 g/mol. The summed E-state index contributed by atoms with van der Waals surface area (Å²) in [4.78, 5) is 39.8. The van der Waals surface area contributed by atoms with E-state index in [0.717, 1.165) is 0 Å². The summed E-state index contributed by atoms with van der Waals surface area (Å²) in [6, 6.07) is 10.3. The molecule has 2 aromatic carbocycles. The second-order valence-corrected chi connectivity index (χ2v) is 7.85. The standard InChI is InChI=1S/C26H33N3O7/c1-5-33-20-12-10-9-11-19(20)29-16-18(15-23(29)30)26(32)28-27-25(31)17-13-21(34-6-2)24(36-8-4)22(14-17)35-7-3/h9-14,18H,5-8,15-16H2,1-4H3,(H,27,31)(H,28,32). The second kappa shape index (κ2) is 12.7. The Bertz CT molecular complexity index is 1060. The van der Waals surface area contributed by atoms with E-state index in [-0.39, 0.29) is 24.4 Å². The van der Waals surface area contributed by atoms with Crippen molar-refractivity contribution in [2.24, 2.45) is 5.92 Å². The molecule has 0 aromatic heterocycles. The number of para-hydroxylation sites is 2. The predicted octanol–water partition coefficient (Wildman–Crippen LogP) is 3.10. The lowest BCUT2D eigenvalue weighted by Crippen LogP contribution is -2.45. The van der Waals surface area contributed by atoms with E-state index in [2.05, 4.69) is 10.9 Å². The Kier molecular flexibility index (Phi) is 9.38. The topological polar surface area (TPSA) is 115 Å². The van der Waals surface area contributed by atoms with Crippen LogP contribution in [0.3, 0.4) is 0 Å². The molecule has 3 rings (SSSR count). The van der Waals surface area contributed by atoms with Crippen molar-refractivity contribution in [3.05, 3.63) is 42.0 Å². The molecule has 194 valence electrons. The van der Waals surface area contributed by atoms with Crippen molar-refractivity contribution in [2.75, 3.05) is 37.9 Å². The van der Waals surface area contributed by atoms with Gasteiger partial charge in [0.1, 0.15) is 5.75 Å². The summed E-state index contributed by atoms with van der Waals surface area (Å²) in [5.41, 5.74) is 5.70. The summed E-state index contributed by atoms with van der Waals surface area (Å²) in [6.07, 6.45) is 0.0220. The van der Waals surface area contributed by atoms with Gasteiger partial charge in [-0.25, -0.2) is 0 Å². The van der Waals surface area contributed by atoms with Crippen LogP contribution in [-0.2, 0) is 9.59 Å². The monoisotopic (exact) mass is 499 g/mol. The Labute approximate surface area is 210 Å². The predicted molar refractivity (Wildman–Crippen MR) is 134 cm³/mol. The van der Waals surface area contributed by atoms with Crippen LogP contribution in [0, 0.1) is 5.92 Å². The summed E-state index contributed by atoms with van der Waals surface area (Å²) in [5.74, 6) is -0.121. The van der Waals surface area contributed by atoms with E-state index in [9.17, 15) is 14.4 Å². The van der Waals surface area contributed by atoms with Crippen molar-refractivity contribution in [1.29, 1.82) is 0 Å². The number of carbonyl (C=O) groups excluding carboxylic acids is 3. The molecule has 0 radical (unpaired) electrons. The van der Waals surface area contributed by atoms with Crippen LogP contribution in [0.15, 0.2) is 36.4 Å². The number of hydrazine groups is 1. The number of carbonyl (C=O) groups is 3. The molecule has 0 saturated carbocycles. The zero-order valence-corrected chi connectivity index (χ0v) is 21.1. The third-order valence-electron chi connectivity index (χ3n) is 5.42. The van der Waals surface area contributed by atoms with Crippen LogP contribution in [0.2, 0.25) is 0 Å². The Balaban J connectivity index is 1.69. The maximum atomic E-state index is 12.8. The van der Waals surface area contributed by atoms with Crippen LogP contribution in [0.1, 0.15) is 44.5 Å². The van der Waals surface area contributed by atoms with Gasteiger partial charge in [0.2, 0.25) is 17.6 Å². The molecule has 3 amide bonds. The summed E-state index contributed by atoms with van der Waals surface area (Å²) in [6.45, 7) is 9.11. The fourth-order valence-corrected chi connectivity index (χ4v) is 3.89. The molecule has 36 heavy (non-hydrogen) atoms. The lowest BCUT2D eigenvalue weighted by molar-refractivity contribution is -0.126. The number of rotatable bonds is 11. The number of ether oxygens (including phenoxy) is 4. The molecule has 0 bridgehead atoms. The molecule has 1 heterocycles. The van der Waals surface area contributed by atoms with Crippen LogP contribution in [0.5, 0.6) is 23.0 Å². The van der Waals surface area contributed by atoms with E-state index in [4.69, 9.17) is 18.9 Å². The molecule has 10 heteroatoms. The Hall–Kier alpha value is -3.95. The first kappa shape index (κ1) is 26.7. The normalized spacial score (nSPS) is 14.8. The number of hydrogen-bond acceptors (Lipinski definition) is 7. The van der Waals surface area contributed by atoms with Crippen molar-refractivity contribution in [2.45, 2.75) is 34.1 Å². The quantitative estimate of drug-likeness (QED) is 0.457. The Morgan fingerprint density at radius 3 is 2.06 bits per heavy atom. The number of hydrogen-bond donors (Lipinski definition) is 2. The Morgan fingerprint density at radius 2 is 1.44 bits per heavy atom. The van der Waals surface area contributed by atoms with Gasteiger partial charge < -0.3 is 23.8 Å². The van der Waals surface area contributed by atoms with Gasteiger partial charge in [0.25, 0.3) is 5.91 Å². The van der Waals surface area contributed by atoms with Crippen molar-refractivity contribution < 1.29 is 33.3 Å². The van der Waals surface area contributed by atoms with Crippen molar-refractivity contribution >= 4 is 23.4 Å². The van der Waals surface area contributed by atoms with E-state index in [1.165, 1.54) is 17.0 Å². The third kappa shape index (κ3) is 6.18. The number of nitrogens with one attached hydrogen (secondary N) is 2. The van der Waals surface area contributed by atoms with Crippen LogP contribution in [0.4, 0.5) is 5.69 Å². The molecule has 0 aliphatic carbocycles. The van der Waals surface area contributed by atoms with Crippen LogP contribution in [0.25, 0.3) is 0 Å². The van der Waals surface area contributed by atoms with E-state index in [1.54, 1.807) is 12.1 Å². The minimum absolute atomic E-state index is 0.0220. The molecule has 0 spiro atoms. The number of amides is 3. The highest BCUT2D eigenvalue weighted by molar-refractivity contribution is 6.02. The molecule has 2 aromatic rings. The van der Waals surface area contributed by atoms with Gasteiger partial charge in [-0.05, 0) is 52.0 Å². The highest BCUT2D eigenvalue weighted by atomic mass is 16.5. The lowest BCUT2D eigenvalue weighted by Gasteiger charge is -2.20. The average molecular weight is 500 g/mol. The smallest absolute Gasteiger partial charge is 0.269 e. The minimum atomic E-state index is -0.634. The van der Waals surface area contributed by atoms with E-state index < -0.39 is 17.7 Å². The molecular formula is C26H33N3O7. The van der Waals surface area contributed by atoms with E-state index in [0.29, 0.717) is 55.1 Å². The van der Waals surface area contributed by atoms with Gasteiger partial charge in [-0.3, -0.25) is 25.2 Å². The zero-order valence-electron chi connectivity index (χ0n) is 21.1. The van der Waals surface area contributed by atoms with Gasteiger partial charge in [0.05, 0.1) is 38.0 Å². The number of anilines is 1. The fraction of sp³-hybridized carbons (Fsp3) is 0.423. The highest BCUT2D eigenvalue weighted by Crippen LogP contribution is 2.39. The first-order valence-corrected chi connectivity index (χ1v) is 12.1. The maximum Gasteiger partial charge on any atom is 0.269 e. The SMILES string of the molecule is CCOc1ccccc1N1CC(C(=O)NNC(=O)c2cc(OCC)c(OCC)c(OCC)c2)CC1=O. The van der Waals surface area contributed by atoms with Gasteiger partial charge >= 0.3 is 0 Å². The third-order valence-corrected chi connectivity index (χ3v) is 5.42. The van der Waals surface area contributed by atoms with Gasteiger partial charge in [-0.1, -0.05) is 12.1 Å². The van der Waals surface area contributed by atoms with Crippen molar-refractivity contribution in [3.63, 3.8) is 0 Å². The van der Waals surface area contributed by atoms with Crippen LogP contribution in [-0.4, -0.2) is 50.7 Å². The molecule has 1 fully saturated rings. The van der Waals surface area contributed by atoms with Gasteiger partial charge in [0.15, 0.2) is 11.5 Å². The molecule has 1 saturated heterocycles. The minimum Gasteiger partial charge on any atom is -0.492 e. The van der Waals surface area contributed by atoms with E-state index in [1.807, 2.05) is 39.8 Å². The highest BCUT2D eigenvalue weighted by Gasteiger charge is 2.36. The van der Waals surface area contributed by atoms with Gasteiger partial charge in [0, 0.05) is 18.5 Å². The summed E-state index contributed by atoms with van der Waals surface area (Å²) in [5, 5.41) is 0. The van der Waals surface area contributed by atoms with Crippen molar-refractivity contribution in [3.8, 4) is 23.0 Å².